The van der Waals surface area contributed by atoms with Gasteiger partial charge in [-0.05, 0) is 48.5 Å². The highest BCUT2D eigenvalue weighted by molar-refractivity contribution is 6.04. The molecule has 2 aromatic carbocycles. The fraction of sp³-hybridized carbons (Fsp3) is 0. The van der Waals surface area contributed by atoms with Crippen molar-refractivity contribution in [2.24, 2.45) is 5.73 Å². The molecule has 104 valence electrons. The Labute approximate surface area is 122 Å². The molecule has 0 aromatic heterocycles. The topological polar surface area (TPSA) is 98.2 Å². The Bertz CT molecular complexity index is 609. The lowest BCUT2D eigenvalue weighted by molar-refractivity contribution is 0.0998. The molecular weight excluding hydrogens is 278 g/mol. The molecule has 0 fully saturated rings. The monoisotopic (exact) mass is 291 g/mol. The zero-order valence-corrected chi connectivity index (χ0v) is 11.3. The van der Waals surface area contributed by atoms with E-state index in [0.29, 0.717) is 22.5 Å². The number of benzene rings is 2. The first-order chi connectivity index (χ1) is 9.06. The average Bonchev–Trinajstić information content (AvgIpc) is 2.40. The average molecular weight is 292 g/mol. The van der Waals surface area contributed by atoms with E-state index in [1.54, 1.807) is 48.5 Å². The fourth-order valence-corrected chi connectivity index (χ4v) is 1.56. The number of halogens is 1. The second kappa shape index (κ2) is 6.58. The number of carbonyl (C=O) groups is 2. The van der Waals surface area contributed by atoms with E-state index in [1.165, 1.54) is 0 Å². The molecule has 0 aliphatic carbocycles. The van der Waals surface area contributed by atoms with Gasteiger partial charge in [-0.15, -0.1) is 12.4 Å². The number of amides is 2. The second-order valence-corrected chi connectivity index (χ2v) is 4.02. The molecule has 0 aliphatic heterocycles. The first-order valence-corrected chi connectivity index (χ1v) is 5.63. The Hall–Kier alpha value is -2.53. The molecule has 6 heteroatoms. The van der Waals surface area contributed by atoms with E-state index in [-0.39, 0.29) is 18.3 Å². The number of nitrogen functional groups attached to an aromatic ring is 1. The van der Waals surface area contributed by atoms with E-state index < -0.39 is 5.91 Å². The Balaban J connectivity index is 0.00000200. The van der Waals surface area contributed by atoms with Gasteiger partial charge < -0.3 is 16.8 Å². The summed E-state index contributed by atoms with van der Waals surface area (Å²) < 4.78 is 0. The number of hydrogen-bond acceptors (Lipinski definition) is 3. The van der Waals surface area contributed by atoms with E-state index >= 15 is 0 Å². The minimum Gasteiger partial charge on any atom is -0.399 e. The summed E-state index contributed by atoms with van der Waals surface area (Å²) in [6.07, 6.45) is 0. The largest absolute Gasteiger partial charge is 0.399 e. The van der Waals surface area contributed by atoms with Crippen LogP contribution in [0.4, 0.5) is 11.4 Å². The molecule has 2 amide bonds. The van der Waals surface area contributed by atoms with Crippen molar-refractivity contribution in [2.75, 3.05) is 11.1 Å². The van der Waals surface area contributed by atoms with Crippen molar-refractivity contribution in [1.29, 1.82) is 0 Å². The maximum atomic E-state index is 11.9. The van der Waals surface area contributed by atoms with Crippen LogP contribution in [0.1, 0.15) is 20.7 Å². The Morgan fingerprint density at radius 1 is 0.850 bits per heavy atom. The number of hydrogen-bond donors (Lipinski definition) is 3. The molecule has 2 aromatic rings. The van der Waals surface area contributed by atoms with Crippen LogP contribution in [-0.2, 0) is 0 Å². The van der Waals surface area contributed by atoms with Gasteiger partial charge in [-0.2, -0.15) is 0 Å². The van der Waals surface area contributed by atoms with Crippen LogP contribution in [0.15, 0.2) is 48.5 Å². The van der Waals surface area contributed by atoms with Gasteiger partial charge in [0.25, 0.3) is 5.91 Å². The zero-order chi connectivity index (χ0) is 13.8. The third-order valence-corrected chi connectivity index (χ3v) is 2.60. The lowest BCUT2D eigenvalue weighted by atomic mass is 10.1. The van der Waals surface area contributed by atoms with Crippen LogP contribution < -0.4 is 16.8 Å². The van der Waals surface area contributed by atoms with Crippen LogP contribution in [0, 0.1) is 0 Å². The predicted molar refractivity (Wildman–Crippen MR) is 81.0 cm³/mol. The van der Waals surface area contributed by atoms with Gasteiger partial charge in [0.05, 0.1) is 0 Å². The van der Waals surface area contributed by atoms with Crippen LogP contribution >= 0.6 is 12.4 Å². The number of carbonyl (C=O) groups excluding carboxylic acids is 2. The minimum absolute atomic E-state index is 0. The van der Waals surface area contributed by atoms with Crippen LogP contribution in [0.2, 0.25) is 0 Å². The molecule has 0 saturated heterocycles. The third-order valence-electron chi connectivity index (χ3n) is 2.60. The molecule has 0 spiro atoms. The summed E-state index contributed by atoms with van der Waals surface area (Å²) in [7, 11) is 0. The molecule has 0 saturated carbocycles. The number of anilines is 2. The summed E-state index contributed by atoms with van der Waals surface area (Å²) in [6.45, 7) is 0. The van der Waals surface area contributed by atoms with Gasteiger partial charge in [0.2, 0.25) is 5.91 Å². The molecular formula is C14H14ClN3O2. The number of nitrogens with two attached hydrogens (primary N) is 2. The fourth-order valence-electron chi connectivity index (χ4n) is 1.56. The molecule has 0 unspecified atom stereocenters. The highest BCUT2D eigenvalue weighted by atomic mass is 35.5. The molecule has 0 radical (unpaired) electrons. The molecule has 0 bridgehead atoms. The normalized spacial score (nSPS) is 9.40. The highest BCUT2D eigenvalue weighted by Crippen LogP contribution is 2.12. The van der Waals surface area contributed by atoms with Crippen molar-refractivity contribution in [1.82, 2.24) is 0 Å². The summed E-state index contributed by atoms with van der Waals surface area (Å²) in [6, 6.07) is 13.0. The van der Waals surface area contributed by atoms with Gasteiger partial charge in [-0.3, -0.25) is 9.59 Å². The minimum atomic E-state index is -0.503. The summed E-state index contributed by atoms with van der Waals surface area (Å²) in [5, 5.41) is 2.71. The van der Waals surface area contributed by atoms with E-state index in [2.05, 4.69) is 5.32 Å². The number of primary amides is 1. The smallest absolute Gasteiger partial charge is 0.255 e. The summed E-state index contributed by atoms with van der Waals surface area (Å²) in [5.74, 6) is -0.747. The van der Waals surface area contributed by atoms with Gasteiger partial charge in [0, 0.05) is 22.5 Å². The van der Waals surface area contributed by atoms with Crippen molar-refractivity contribution in [3.05, 3.63) is 59.7 Å². The molecule has 0 atom stereocenters. The Morgan fingerprint density at radius 3 is 1.85 bits per heavy atom. The number of nitrogens with one attached hydrogen (secondary N) is 1. The van der Waals surface area contributed by atoms with E-state index in [4.69, 9.17) is 11.5 Å². The molecule has 2 rings (SSSR count). The van der Waals surface area contributed by atoms with Gasteiger partial charge >= 0.3 is 0 Å². The Morgan fingerprint density at radius 2 is 1.35 bits per heavy atom. The van der Waals surface area contributed by atoms with Crippen molar-refractivity contribution in [3.8, 4) is 0 Å². The van der Waals surface area contributed by atoms with Gasteiger partial charge in [0.15, 0.2) is 0 Å². The molecule has 20 heavy (non-hydrogen) atoms. The van der Waals surface area contributed by atoms with E-state index in [9.17, 15) is 9.59 Å². The van der Waals surface area contributed by atoms with Crippen molar-refractivity contribution in [3.63, 3.8) is 0 Å². The van der Waals surface area contributed by atoms with Crippen LogP contribution in [-0.4, -0.2) is 11.8 Å². The third kappa shape index (κ3) is 3.73. The zero-order valence-electron chi connectivity index (χ0n) is 10.5. The predicted octanol–water partition coefficient (Wildman–Crippen LogP) is 2.04. The van der Waals surface area contributed by atoms with Crippen LogP contribution in [0.25, 0.3) is 0 Å². The first-order valence-electron chi connectivity index (χ1n) is 5.63. The quantitative estimate of drug-likeness (QED) is 0.755. The van der Waals surface area contributed by atoms with Crippen LogP contribution in [0.5, 0.6) is 0 Å². The maximum Gasteiger partial charge on any atom is 0.255 e. The highest BCUT2D eigenvalue weighted by Gasteiger charge is 2.06. The lowest BCUT2D eigenvalue weighted by Crippen LogP contribution is -2.13. The van der Waals surface area contributed by atoms with Crippen molar-refractivity contribution >= 4 is 35.6 Å². The second-order valence-electron chi connectivity index (χ2n) is 4.02. The maximum absolute atomic E-state index is 11.9. The first kappa shape index (κ1) is 15.5. The Kier molecular flexibility index (Phi) is 5.11. The van der Waals surface area contributed by atoms with Gasteiger partial charge in [0.1, 0.15) is 0 Å². The number of rotatable bonds is 3. The van der Waals surface area contributed by atoms with Gasteiger partial charge in [-0.1, -0.05) is 0 Å². The molecule has 5 N–H and O–H groups in total. The van der Waals surface area contributed by atoms with Crippen LogP contribution in [0.3, 0.4) is 0 Å². The van der Waals surface area contributed by atoms with Crippen molar-refractivity contribution in [2.45, 2.75) is 0 Å². The summed E-state index contributed by atoms with van der Waals surface area (Å²) >= 11 is 0. The molecule has 0 heterocycles. The molecule has 5 nitrogen and oxygen atoms in total. The standard InChI is InChI=1S/C14H13N3O2.ClH/c15-11-5-1-10(2-6-11)14(19)17-12-7-3-9(4-8-12)13(16)18;/h1-8H,15H2,(H2,16,18)(H,17,19);1H. The molecule has 0 aliphatic rings. The summed E-state index contributed by atoms with van der Waals surface area (Å²) in [4.78, 5) is 22.8. The van der Waals surface area contributed by atoms with E-state index in [0.717, 1.165) is 0 Å². The van der Waals surface area contributed by atoms with E-state index in [1.807, 2.05) is 0 Å². The summed E-state index contributed by atoms with van der Waals surface area (Å²) in [5.41, 5.74) is 12.8. The van der Waals surface area contributed by atoms with Gasteiger partial charge in [-0.25, -0.2) is 0 Å². The SMILES string of the molecule is Cl.NC(=O)c1ccc(NC(=O)c2ccc(N)cc2)cc1. The lowest BCUT2D eigenvalue weighted by Gasteiger charge is -2.06. The van der Waals surface area contributed by atoms with Crippen molar-refractivity contribution < 1.29 is 9.59 Å².